The molecule has 3 aromatic heterocycles. The van der Waals surface area contributed by atoms with E-state index in [-0.39, 0.29) is 19.1 Å². The van der Waals surface area contributed by atoms with Gasteiger partial charge in [0.15, 0.2) is 11.5 Å². The van der Waals surface area contributed by atoms with Crippen molar-refractivity contribution in [3.05, 3.63) is 108 Å². The summed E-state index contributed by atoms with van der Waals surface area (Å²) in [6.45, 7) is 2.12. The fourth-order valence-electron chi connectivity index (χ4n) is 3.88. The summed E-state index contributed by atoms with van der Waals surface area (Å²) in [5.41, 5.74) is 3.38. The van der Waals surface area contributed by atoms with Gasteiger partial charge in [0.05, 0.1) is 23.9 Å². The van der Waals surface area contributed by atoms with Crippen molar-refractivity contribution >= 4 is 13.7 Å². The highest BCUT2D eigenvalue weighted by Gasteiger charge is 2.16. The van der Waals surface area contributed by atoms with E-state index in [4.69, 9.17) is 18.6 Å². The van der Waals surface area contributed by atoms with Gasteiger partial charge in [-0.2, -0.15) is 0 Å². The first-order valence-corrected chi connectivity index (χ1v) is 14.2. The van der Waals surface area contributed by atoms with Gasteiger partial charge in [0.2, 0.25) is 11.8 Å². The number of nitrogens with zero attached hydrogens (tertiary/aromatic N) is 4. The Bertz CT molecular complexity index is 1700. The van der Waals surface area contributed by atoms with Crippen LogP contribution in [0.1, 0.15) is 22.6 Å². The zero-order chi connectivity index (χ0) is 28.8. The van der Waals surface area contributed by atoms with Crippen molar-refractivity contribution in [1.82, 2.24) is 19.7 Å². The molecule has 5 rings (SSSR count). The van der Waals surface area contributed by atoms with Crippen LogP contribution in [-0.2, 0) is 17.8 Å². The lowest BCUT2D eigenvalue weighted by Crippen LogP contribution is -2.02. The molecule has 0 amide bonds. The van der Waals surface area contributed by atoms with E-state index in [1.54, 1.807) is 42.5 Å². The maximum atomic E-state index is 11.4. The smallest absolute Gasteiger partial charge is 0.349 e. The minimum Gasteiger partial charge on any atom is -0.493 e. The number of aromatic nitrogens is 4. The molecule has 2 aromatic carbocycles. The molecular weight excluding hydrogens is 547 g/mol. The number of hydrogen-bond donors (Lipinski definition) is 2. The topological polar surface area (TPSA) is 142 Å². The predicted octanol–water partition coefficient (Wildman–Crippen LogP) is 5.55. The summed E-state index contributed by atoms with van der Waals surface area (Å²) in [6.07, 6.45) is 6.30. The number of oxazole rings is 1. The molecule has 5 aromatic rings. The first-order chi connectivity index (χ1) is 19.8. The second-order valence-corrected chi connectivity index (χ2v) is 10.4. The van der Waals surface area contributed by atoms with Gasteiger partial charge in [0.25, 0.3) is 0 Å². The van der Waals surface area contributed by atoms with Crippen LogP contribution in [0.25, 0.3) is 23.2 Å². The minimum absolute atomic E-state index is 0.121. The lowest BCUT2D eigenvalue weighted by Gasteiger charge is -2.12. The Morgan fingerprint density at radius 1 is 1.02 bits per heavy atom. The summed E-state index contributed by atoms with van der Waals surface area (Å²) in [5, 5.41) is 4.47. The minimum atomic E-state index is -4.37. The standard InChI is InChI=1S/C29H27N4O7P/c1-20-25(31-28(40-20)22-7-6-13-30-16-22)19-38-26-11-10-21(15-27(26)37-2)18-39-29-23(12-14-41(34,35)36)17-33(32-29)24-8-4-3-5-9-24/h3-17H,18-19H2,1-2H3,(H2,34,35,36)/b14-12+. The molecule has 0 aliphatic carbocycles. The molecule has 0 atom stereocenters. The quantitative estimate of drug-likeness (QED) is 0.193. The van der Waals surface area contributed by atoms with Crippen molar-refractivity contribution in [2.45, 2.75) is 20.1 Å². The molecule has 0 bridgehead atoms. The molecule has 3 heterocycles. The lowest BCUT2D eigenvalue weighted by molar-refractivity contribution is 0.275. The maximum absolute atomic E-state index is 11.4. The van der Waals surface area contributed by atoms with E-state index in [0.717, 1.165) is 22.6 Å². The van der Waals surface area contributed by atoms with E-state index >= 15 is 0 Å². The molecule has 0 aliphatic heterocycles. The number of para-hydroxylation sites is 1. The van der Waals surface area contributed by atoms with Gasteiger partial charge < -0.3 is 28.4 Å². The van der Waals surface area contributed by atoms with Crippen molar-refractivity contribution in [3.8, 4) is 34.5 Å². The van der Waals surface area contributed by atoms with Gasteiger partial charge in [-0.15, -0.1) is 5.10 Å². The molecule has 0 spiro atoms. The summed E-state index contributed by atoms with van der Waals surface area (Å²) in [7, 11) is -2.83. The molecular formula is C29H27N4O7P. The van der Waals surface area contributed by atoms with Crippen LogP contribution in [0.2, 0.25) is 0 Å². The van der Waals surface area contributed by atoms with Gasteiger partial charge >= 0.3 is 7.60 Å². The van der Waals surface area contributed by atoms with Gasteiger partial charge in [-0.3, -0.25) is 9.55 Å². The summed E-state index contributed by atoms with van der Waals surface area (Å²) in [4.78, 5) is 27.2. The summed E-state index contributed by atoms with van der Waals surface area (Å²) in [6, 6.07) is 18.4. The van der Waals surface area contributed by atoms with E-state index in [1.807, 2.05) is 55.5 Å². The van der Waals surface area contributed by atoms with E-state index < -0.39 is 7.60 Å². The van der Waals surface area contributed by atoms with Gasteiger partial charge in [-0.1, -0.05) is 24.3 Å². The maximum Gasteiger partial charge on any atom is 0.349 e. The number of pyridine rings is 1. The molecule has 0 fully saturated rings. The van der Waals surface area contributed by atoms with E-state index in [0.29, 0.717) is 34.4 Å². The summed E-state index contributed by atoms with van der Waals surface area (Å²) in [5.74, 6) is 3.15. The van der Waals surface area contributed by atoms with Crippen LogP contribution in [0.5, 0.6) is 17.4 Å². The zero-order valence-corrected chi connectivity index (χ0v) is 23.1. The molecule has 41 heavy (non-hydrogen) atoms. The molecule has 0 aliphatic rings. The molecule has 11 nitrogen and oxygen atoms in total. The highest BCUT2D eigenvalue weighted by atomic mass is 31.2. The number of ether oxygens (including phenoxy) is 3. The molecule has 12 heteroatoms. The third-order valence-corrected chi connectivity index (χ3v) is 6.48. The van der Waals surface area contributed by atoms with Crippen LogP contribution >= 0.6 is 7.60 Å². The molecule has 2 N–H and O–H groups in total. The Morgan fingerprint density at radius 3 is 2.59 bits per heavy atom. The highest BCUT2D eigenvalue weighted by molar-refractivity contribution is 7.55. The van der Waals surface area contributed by atoms with E-state index in [2.05, 4.69) is 15.1 Å². The monoisotopic (exact) mass is 574 g/mol. The van der Waals surface area contributed by atoms with Crippen molar-refractivity contribution in [2.24, 2.45) is 0 Å². The number of hydrogen-bond acceptors (Lipinski definition) is 8. The molecule has 210 valence electrons. The molecule has 0 unspecified atom stereocenters. The van der Waals surface area contributed by atoms with Crippen LogP contribution in [-0.4, -0.2) is 36.6 Å². The van der Waals surface area contributed by atoms with E-state index in [1.165, 1.54) is 6.08 Å². The van der Waals surface area contributed by atoms with Crippen LogP contribution in [0.4, 0.5) is 0 Å². The Hall–Kier alpha value is -4.70. The fraction of sp³-hybridized carbons (Fsp3) is 0.138. The van der Waals surface area contributed by atoms with Crippen LogP contribution < -0.4 is 14.2 Å². The molecule has 0 radical (unpaired) electrons. The third kappa shape index (κ3) is 7.09. The first-order valence-electron chi connectivity index (χ1n) is 12.5. The van der Waals surface area contributed by atoms with Crippen molar-refractivity contribution in [3.63, 3.8) is 0 Å². The fourth-order valence-corrected chi connectivity index (χ4v) is 4.24. The predicted molar refractivity (Wildman–Crippen MR) is 151 cm³/mol. The zero-order valence-electron chi connectivity index (χ0n) is 22.2. The SMILES string of the molecule is COc1cc(COc2nn(-c3ccccc3)cc2/C=C/P(=O)(O)O)ccc1OCc1nc(-c2cccnc2)oc1C. The second-order valence-electron chi connectivity index (χ2n) is 8.90. The average Bonchev–Trinajstić information content (AvgIpc) is 3.57. The average molecular weight is 575 g/mol. The summed E-state index contributed by atoms with van der Waals surface area (Å²) < 4.78 is 36.3. The van der Waals surface area contributed by atoms with Crippen molar-refractivity contribution < 1.29 is 33.0 Å². The molecule has 0 saturated heterocycles. The number of benzene rings is 2. The first kappa shape index (κ1) is 27.9. The van der Waals surface area contributed by atoms with Gasteiger partial charge in [-0.05, 0) is 55.0 Å². The second kappa shape index (κ2) is 12.2. The molecule has 0 saturated carbocycles. The number of aryl methyl sites for hydroxylation is 1. The lowest BCUT2D eigenvalue weighted by atomic mass is 10.2. The normalized spacial score (nSPS) is 11.6. The van der Waals surface area contributed by atoms with Crippen molar-refractivity contribution in [2.75, 3.05) is 7.11 Å². The van der Waals surface area contributed by atoms with Gasteiger partial charge in [0.1, 0.15) is 24.7 Å². The largest absolute Gasteiger partial charge is 0.493 e. The van der Waals surface area contributed by atoms with Crippen molar-refractivity contribution in [1.29, 1.82) is 0 Å². The van der Waals surface area contributed by atoms with E-state index in [9.17, 15) is 14.4 Å². The number of methoxy groups -OCH3 is 1. The Labute approximate surface area is 235 Å². The number of rotatable bonds is 11. The highest BCUT2D eigenvalue weighted by Crippen LogP contribution is 2.38. The van der Waals surface area contributed by atoms with Crippen LogP contribution in [0, 0.1) is 6.92 Å². The van der Waals surface area contributed by atoms with Crippen LogP contribution in [0.15, 0.2) is 89.5 Å². The van der Waals surface area contributed by atoms with Crippen LogP contribution in [0.3, 0.4) is 0 Å². The Balaban J connectivity index is 1.30. The Morgan fingerprint density at radius 2 is 1.85 bits per heavy atom. The van der Waals surface area contributed by atoms with Gasteiger partial charge in [0, 0.05) is 24.4 Å². The Kier molecular flexibility index (Phi) is 8.30. The van der Waals surface area contributed by atoms with Gasteiger partial charge in [-0.25, -0.2) is 9.67 Å². The third-order valence-electron chi connectivity index (χ3n) is 5.95. The summed E-state index contributed by atoms with van der Waals surface area (Å²) >= 11 is 0.